The Kier molecular flexibility index (Phi) is 10.6. The summed E-state index contributed by atoms with van der Waals surface area (Å²) in [5, 5.41) is 0. The lowest BCUT2D eigenvalue weighted by Crippen LogP contribution is -2.47. The molecule has 1 heteroatoms. The third kappa shape index (κ3) is 11.2. The molecule has 0 unspecified atom stereocenters. The first kappa shape index (κ1) is 21.0. The molecule has 0 atom stereocenters. The minimum atomic E-state index is 0.330. The summed E-state index contributed by atoms with van der Waals surface area (Å²) in [6, 6.07) is 0. The van der Waals surface area contributed by atoms with Crippen molar-refractivity contribution in [2.75, 3.05) is 13.1 Å². The summed E-state index contributed by atoms with van der Waals surface area (Å²) in [5.74, 6) is 0. The Hall–Kier alpha value is -0.0400. The second-order valence-corrected chi connectivity index (χ2v) is 8.66. The van der Waals surface area contributed by atoms with Gasteiger partial charge in [-0.15, -0.1) is 0 Å². The fourth-order valence-electron chi connectivity index (χ4n) is 3.59. The average molecular weight is 298 g/mol. The van der Waals surface area contributed by atoms with Crippen molar-refractivity contribution in [3.05, 3.63) is 0 Å². The van der Waals surface area contributed by atoms with E-state index in [4.69, 9.17) is 0 Å². The van der Waals surface area contributed by atoms with Gasteiger partial charge in [-0.25, -0.2) is 0 Å². The van der Waals surface area contributed by atoms with Gasteiger partial charge in [0.15, 0.2) is 0 Å². The van der Waals surface area contributed by atoms with Crippen LogP contribution in [0.5, 0.6) is 0 Å². The number of rotatable bonds is 12. The molecule has 0 N–H and O–H groups in total. The lowest BCUT2D eigenvalue weighted by atomic mass is 9.80. The van der Waals surface area contributed by atoms with E-state index in [2.05, 4.69) is 53.4 Å². The number of unbranched alkanes of at least 4 members (excludes halogenated alkanes) is 6. The second kappa shape index (κ2) is 10.6. The molecule has 0 heterocycles. The predicted molar refractivity (Wildman–Crippen MR) is 98.0 cm³/mol. The summed E-state index contributed by atoms with van der Waals surface area (Å²) in [6.07, 6.45) is 12.3. The molecule has 21 heavy (non-hydrogen) atoms. The molecule has 0 spiro atoms. The maximum absolute atomic E-state index is 2.78. The zero-order valence-electron chi connectivity index (χ0n) is 16.2. The van der Waals surface area contributed by atoms with E-state index in [1.54, 1.807) is 0 Å². The Morgan fingerprint density at radius 2 is 1.05 bits per heavy atom. The zero-order chi connectivity index (χ0) is 16.4. The summed E-state index contributed by atoms with van der Waals surface area (Å²) in [5.41, 5.74) is 0.741. The first-order chi connectivity index (χ1) is 9.73. The summed E-state index contributed by atoms with van der Waals surface area (Å²) in [4.78, 5) is 2.78. The van der Waals surface area contributed by atoms with E-state index in [0.717, 1.165) is 0 Å². The highest BCUT2D eigenvalue weighted by molar-refractivity contribution is 4.86. The Morgan fingerprint density at radius 1 is 0.619 bits per heavy atom. The highest BCUT2D eigenvalue weighted by Crippen LogP contribution is 2.31. The van der Waals surface area contributed by atoms with Crippen LogP contribution < -0.4 is 0 Å². The topological polar surface area (TPSA) is 3.24 Å². The van der Waals surface area contributed by atoms with E-state index >= 15 is 0 Å². The van der Waals surface area contributed by atoms with Crippen LogP contribution in [-0.4, -0.2) is 23.5 Å². The van der Waals surface area contributed by atoms with Crippen molar-refractivity contribution in [2.45, 2.75) is 112 Å². The van der Waals surface area contributed by atoms with Gasteiger partial charge < -0.3 is 0 Å². The molecule has 0 saturated carbocycles. The summed E-state index contributed by atoms with van der Waals surface area (Å²) in [7, 11) is 0. The van der Waals surface area contributed by atoms with Crippen LogP contribution in [0, 0.1) is 5.41 Å². The van der Waals surface area contributed by atoms with E-state index in [1.807, 2.05) is 0 Å². The van der Waals surface area contributed by atoms with Crippen LogP contribution in [0.2, 0.25) is 0 Å². The van der Waals surface area contributed by atoms with Crippen molar-refractivity contribution in [2.24, 2.45) is 5.41 Å². The quantitative estimate of drug-likeness (QED) is 0.364. The molecule has 128 valence electrons. The van der Waals surface area contributed by atoms with E-state index in [-0.39, 0.29) is 0 Å². The maximum atomic E-state index is 2.78. The molecule has 0 saturated heterocycles. The zero-order valence-corrected chi connectivity index (χ0v) is 16.2. The largest absolute Gasteiger partial charge is 0.298 e. The van der Waals surface area contributed by atoms with Crippen molar-refractivity contribution in [1.82, 2.24) is 4.90 Å². The Balaban J connectivity index is 4.45. The van der Waals surface area contributed by atoms with Gasteiger partial charge in [0.1, 0.15) is 0 Å². The van der Waals surface area contributed by atoms with Gasteiger partial charge in [-0.1, -0.05) is 73.1 Å². The molecule has 0 fully saturated rings. The van der Waals surface area contributed by atoms with Crippen LogP contribution in [0.15, 0.2) is 0 Å². The van der Waals surface area contributed by atoms with Gasteiger partial charge in [0, 0.05) is 5.54 Å². The molecule has 0 bridgehead atoms. The molecule has 0 aliphatic rings. The van der Waals surface area contributed by atoms with E-state index in [0.29, 0.717) is 11.0 Å². The fraction of sp³-hybridized carbons (Fsp3) is 1.00. The average Bonchev–Trinajstić information content (AvgIpc) is 2.33. The summed E-state index contributed by atoms with van der Waals surface area (Å²) in [6.45, 7) is 19.2. The summed E-state index contributed by atoms with van der Waals surface area (Å²) >= 11 is 0. The molecule has 0 amide bonds. The molecular formula is C20H43N. The minimum Gasteiger partial charge on any atom is -0.298 e. The van der Waals surface area contributed by atoms with Crippen LogP contribution in [0.25, 0.3) is 0 Å². The molecule has 0 aliphatic heterocycles. The van der Waals surface area contributed by atoms with E-state index in [9.17, 15) is 0 Å². The summed E-state index contributed by atoms with van der Waals surface area (Å²) < 4.78 is 0. The highest BCUT2D eigenvalue weighted by Gasteiger charge is 2.30. The van der Waals surface area contributed by atoms with E-state index < -0.39 is 0 Å². The van der Waals surface area contributed by atoms with Gasteiger partial charge in [-0.05, 0) is 51.6 Å². The van der Waals surface area contributed by atoms with Crippen LogP contribution in [-0.2, 0) is 0 Å². The smallest absolute Gasteiger partial charge is 0.0158 e. The van der Waals surface area contributed by atoms with Gasteiger partial charge in [-0.3, -0.25) is 4.90 Å². The normalized spacial score (nSPS) is 13.1. The number of hydrogen-bond donors (Lipinski definition) is 0. The SMILES string of the molecule is CCCCCCN(CCCCCC)C(C)(C)CC(C)(C)C. The molecule has 0 aromatic heterocycles. The third-order valence-electron chi connectivity index (χ3n) is 4.38. The monoisotopic (exact) mass is 297 g/mol. The molecule has 0 aliphatic carbocycles. The van der Waals surface area contributed by atoms with Crippen LogP contribution in [0.3, 0.4) is 0 Å². The van der Waals surface area contributed by atoms with Gasteiger partial charge in [0.05, 0.1) is 0 Å². The van der Waals surface area contributed by atoms with Crippen molar-refractivity contribution < 1.29 is 0 Å². The van der Waals surface area contributed by atoms with Gasteiger partial charge in [-0.2, -0.15) is 0 Å². The van der Waals surface area contributed by atoms with Gasteiger partial charge in [0.25, 0.3) is 0 Å². The van der Waals surface area contributed by atoms with Crippen LogP contribution in [0.4, 0.5) is 0 Å². The lowest BCUT2D eigenvalue weighted by molar-refractivity contribution is 0.0731. The third-order valence-corrected chi connectivity index (χ3v) is 4.38. The fourth-order valence-corrected chi connectivity index (χ4v) is 3.59. The van der Waals surface area contributed by atoms with Crippen molar-refractivity contribution in [1.29, 1.82) is 0 Å². The molecule has 0 aromatic rings. The first-order valence-electron chi connectivity index (χ1n) is 9.48. The maximum Gasteiger partial charge on any atom is 0.0158 e. The van der Waals surface area contributed by atoms with Crippen molar-refractivity contribution in [3.63, 3.8) is 0 Å². The minimum absolute atomic E-state index is 0.330. The van der Waals surface area contributed by atoms with Gasteiger partial charge in [0.2, 0.25) is 0 Å². The van der Waals surface area contributed by atoms with E-state index in [1.165, 1.54) is 70.9 Å². The van der Waals surface area contributed by atoms with Crippen LogP contribution >= 0.6 is 0 Å². The Morgan fingerprint density at radius 3 is 1.38 bits per heavy atom. The number of nitrogens with zero attached hydrogens (tertiary/aromatic N) is 1. The Bertz CT molecular complexity index is 225. The van der Waals surface area contributed by atoms with Gasteiger partial charge >= 0.3 is 0 Å². The highest BCUT2D eigenvalue weighted by atomic mass is 15.2. The predicted octanol–water partition coefficient (Wildman–Crippen LogP) is 6.66. The molecule has 0 radical (unpaired) electrons. The first-order valence-corrected chi connectivity index (χ1v) is 9.48. The molecule has 0 aromatic carbocycles. The van der Waals surface area contributed by atoms with Crippen molar-refractivity contribution in [3.8, 4) is 0 Å². The molecule has 1 nitrogen and oxygen atoms in total. The standard InChI is InChI=1S/C20H43N/c1-8-10-12-14-16-21(17-15-13-11-9-2)20(6,7)18-19(3,4)5/h8-18H2,1-7H3. The lowest BCUT2D eigenvalue weighted by Gasteiger charge is -2.43. The molecular weight excluding hydrogens is 254 g/mol. The Labute approximate surface area is 135 Å². The second-order valence-electron chi connectivity index (χ2n) is 8.66. The number of hydrogen-bond acceptors (Lipinski definition) is 1. The molecule has 0 rings (SSSR count). The van der Waals surface area contributed by atoms with Crippen LogP contribution in [0.1, 0.15) is 106 Å². The van der Waals surface area contributed by atoms with Crippen molar-refractivity contribution >= 4 is 0 Å².